The first-order chi connectivity index (χ1) is 10.2. The van der Waals surface area contributed by atoms with Crippen LogP contribution in [-0.2, 0) is 11.2 Å². The lowest BCUT2D eigenvalue weighted by molar-refractivity contribution is -0.141. The summed E-state index contributed by atoms with van der Waals surface area (Å²) in [6.07, 6.45) is 6.96. The van der Waals surface area contributed by atoms with Gasteiger partial charge in [0.2, 0.25) is 0 Å². The minimum Gasteiger partial charge on any atom is -0.481 e. The van der Waals surface area contributed by atoms with Crippen molar-refractivity contribution in [2.24, 2.45) is 11.8 Å². The highest BCUT2D eigenvalue weighted by atomic mass is 16.4. The molecule has 3 heteroatoms. The molecule has 21 heavy (non-hydrogen) atoms. The summed E-state index contributed by atoms with van der Waals surface area (Å²) >= 11 is 0. The number of anilines is 1. The third-order valence-electron chi connectivity index (χ3n) is 5.31. The van der Waals surface area contributed by atoms with E-state index in [1.165, 1.54) is 43.4 Å². The zero-order chi connectivity index (χ0) is 14.8. The maximum atomic E-state index is 11.5. The number of carbonyl (C=O) groups is 1. The normalized spacial score (nSPS) is 29.0. The van der Waals surface area contributed by atoms with Gasteiger partial charge in [-0.3, -0.25) is 4.79 Å². The minimum atomic E-state index is -0.655. The van der Waals surface area contributed by atoms with Crippen molar-refractivity contribution in [3.8, 4) is 0 Å². The summed E-state index contributed by atoms with van der Waals surface area (Å²) in [5.74, 6) is -0.111. The Balaban J connectivity index is 1.87. The van der Waals surface area contributed by atoms with Crippen LogP contribution >= 0.6 is 0 Å². The molecule has 0 saturated heterocycles. The average molecular weight is 287 g/mol. The van der Waals surface area contributed by atoms with Crippen LogP contribution in [0.1, 0.15) is 44.6 Å². The molecule has 3 unspecified atom stereocenters. The number of para-hydroxylation sites is 1. The Labute approximate surface area is 127 Å². The molecule has 1 aliphatic carbocycles. The summed E-state index contributed by atoms with van der Waals surface area (Å²) in [6.45, 7) is 2.95. The number of hydrogen-bond donors (Lipinski definition) is 1. The second-order valence-electron chi connectivity index (χ2n) is 6.62. The highest BCUT2D eigenvalue weighted by Crippen LogP contribution is 2.37. The summed E-state index contributed by atoms with van der Waals surface area (Å²) in [7, 11) is 0. The zero-order valence-electron chi connectivity index (χ0n) is 12.8. The third kappa shape index (κ3) is 2.92. The predicted molar refractivity (Wildman–Crippen MR) is 84.7 cm³/mol. The Hall–Kier alpha value is -1.51. The van der Waals surface area contributed by atoms with Crippen LogP contribution in [0.15, 0.2) is 24.3 Å². The Bertz CT molecular complexity index is 514. The lowest BCUT2D eigenvalue weighted by Crippen LogP contribution is -2.46. The number of hydrogen-bond acceptors (Lipinski definition) is 2. The smallest absolute Gasteiger partial charge is 0.308 e. The van der Waals surface area contributed by atoms with Crippen molar-refractivity contribution in [2.45, 2.75) is 51.5 Å². The molecule has 0 spiro atoms. The van der Waals surface area contributed by atoms with Crippen molar-refractivity contribution in [3.63, 3.8) is 0 Å². The van der Waals surface area contributed by atoms with Gasteiger partial charge in [0.25, 0.3) is 0 Å². The van der Waals surface area contributed by atoms with E-state index in [1.807, 2.05) is 6.07 Å². The zero-order valence-corrected chi connectivity index (χ0v) is 12.8. The summed E-state index contributed by atoms with van der Waals surface area (Å²) in [5, 5.41) is 9.45. The van der Waals surface area contributed by atoms with Crippen LogP contribution in [0.25, 0.3) is 0 Å². The van der Waals surface area contributed by atoms with Crippen molar-refractivity contribution in [3.05, 3.63) is 29.8 Å². The van der Waals surface area contributed by atoms with Crippen LogP contribution in [-0.4, -0.2) is 23.7 Å². The molecule has 114 valence electrons. The first kappa shape index (κ1) is 14.4. The number of carboxylic acid groups (broad SMARTS) is 1. The van der Waals surface area contributed by atoms with Crippen LogP contribution in [0.4, 0.5) is 5.69 Å². The molecule has 1 aliphatic heterocycles. The van der Waals surface area contributed by atoms with E-state index in [4.69, 9.17) is 0 Å². The molecular formula is C18H25NO2. The molecule has 1 fully saturated rings. The Morgan fingerprint density at radius 3 is 2.90 bits per heavy atom. The molecule has 1 N–H and O–H groups in total. The highest BCUT2D eigenvalue weighted by Gasteiger charge is 2.34. The summed E-state index contributed by atoms with van der Waals surface area (Å²) in [5.41, 5.74) is 2.48. The molecule has 3 rings (SSSR count). The molecule has 0 radical (unpaired) electrons. The second-order valence-corrected chi connectivity index (χ2v) is 6.62. The Kier molecular flexibility index (Phi) is 4.18. The summed E-state index contributed by atoms with van der Waals surface area (Å²) < 4.78 is 0. The van der Waals surface area contributed by atoms with Crippen molar-refractivity contribution in [1.29, 1.82) is 0 Å². The third-order valence-corrected chi connectivity index (χ3v) is 5.31. The van der Waals surface area contributed by atoms with E-state index in [0.29, 0.717) is 19.0 Å². The van der Waals surface area contributed by atoms with Crippen LogP contribution < -0.4 is 4.90 Å². The first-order valence-electron chi connectivity index (χ1n) is 8.26. The SMILES string of the molecule is CCC1CCCC(N2CC(C(=O)O)Cc3ccccc32)C1. The van der Waals surface area contributed by atoms with E-state index in [9.17, 15) is 9.90 Å². The van der Waals surface area contributed by atoms with Gasteiger partial charge in [0, 0.05) is 18.3 Å². The maximum absolute atomic E-state index is 11.5. The highest BCUT2D eigenvalue weighted by molar-refractivity contribution is 5.74. The van der Waals surface area contributed by atoms with Crippen molar-refractivity contribution < 1.29 is 9.90 Å². The number of carboxylic acids is 1. The van der Waals surface area contributed by atoms with Crippen molar-refractivity contribution in [1.82, 2.24) is 0 Å². The standard InChI is InChI=1S/C18H25NO2/c1-2-13-6-5-8-16(10-13)19-12-15(18(20)21)11-14-7-3-4-9-17(14)19/h3-4,7,9,13,15-16H,2,5-6,8,10-12H2,1H3,(H,20,21). The van der Waals surface area contributed by atoms with E-state index < -0.39 is 5.97 Å². The number of fused-ring (bicyclic) bond motifs is 1. The number of rotatable bonds is 3. The lowest BCUT2D eigenvalue weighted by Gasteiger charge is -2.43. The largest absolute Gasteiger partial charge is 0.481 e. The summed E-state index contributed by atoms with van der Waals surface area (Å²) in [4.78, 5) is 13.9. The molecule has 0 bridgehead atoms. The first-order valence-corrected chi connectivity index (χ1v) is 8.26. The topological polar surface area (TPSA) is 40.5 Å². The maximum Gasteiger partial charge on any atom is 0.308 e. The van der Waals surface area contributed by atoms with Crippen LogP contribution in [0.3, 0.4) is 0 Å². The summed E-state index contributed by atoms with van der Waals surface area (Å²) in [6, 6.07) is 8.89. The molecule has 0 amide bonds. The van der Waals surface area contributed by atoms with Gasteiger partial charge in [-0.15, -0.1) is 0 Å². The van der Waals surface area contributed by atoms with Crippen molar-refractivity contribution >= 4 is 11.7 Å². The van der Waals surface area contributed by atoms with Gasteiger partial charge in [-0.25, -0.2) is 0 Å². The molecule has 1 heterocycles. The minimum absolute atomic E-state index is 0.262. The van der Waals surface area contributed by atoms with Gasteiger partial charge < -0.3 is 10.0 Å². The molecule has 1 saturated carbocycles. The molecule has 3 nitrogen and oxygen atoms in total. The van der Waals surface area contributed by atoms with E-state index in [2.05, 4.69) is 30.0 Å². The molecular weight excluding hydrogens is 262 g/mol. The molecule has 3 atom stereocenters. The van der Waals surface area contributed by atoms with Gasteiger partial charge in [-0.05, 0) is 36.8 Å². The van der Waals surface area contributed by atoms with E-state index >= 15 is 0 Å². The van der Waals surface area contributed by atoms with E-state index in [0.717, 1.165) is 5.92 Å². The van der Waals surface area contributed by atoms with Gasteiger partial charge in [0.15, 0.2) is 0 Å². The van der Waals surface area contributed by atoms with Crippen LogP contribution in [0, 0.1) is 11.8 Å². The fourth-order valence-corrected chi connectivity index (χ4v) is 4.06. The average Bonchev–Trinajstić information content (AvgIpc) is 2.53. The molecule has 1 aromatic rings. The van der Waals surface area contributed by atoms with Gasteiger partial charge >= 0.3 is 5.97 Å². The Morgan fingerprint density at radius 1 is 1.33 bits per heavy atom. The number of aliphatic carboxylic acids is 1. The fourth-order valence-electron chi connectivity index (χ4n) is 4.06. The molecule has 0 aromatic heterocycles. The van der Waals surface area contributed by atoms with E-state index in [-0.39, 0.29) is 5.92 Å². The Morgan fingerprint density at radius 2 is 2.14 bits per heavy atom. The van der Waals surface area contributed by atoms with Gasteiger partial charge in [0.05, 0.1) is 5.92 Å². The quantitative estimate of drug-likeness (QED) is 0.921. The van der Waals surface area contributed by atoms with Gasteiger partial charge in [-0.2, -0.15) is 0 Å². The monoisotopic (exact) mass is 287 g/mol. The molecule has 1 aromatic carbocycles. The lowest BCUT2D eigenvalue weighted by atomic mass is 9.81. The van der Waals surface area contributed by atoms with Crippen molar-refractivity contribution in [2.75, 3.05) is 11.4 Å². The fraction of sp³-hybridized carbons (Fsp3) is 0.611. The van der Waals surface area contributed by atoms with Gasteiger partial charge in [0.1, 0.15) is 0 Å². The number of benzene rings is 1. The van der Waals surface area contributed by atoms with E-state index in [1.54, 1.807) is 0 Å². The number of nitrogens with zero attached hydrogens (tertiary/aromatic N) is 1. The predicted octanol–water partition coefficient (Wildman–Crippen LogP) is 3.72. The van der Waals surface area contributed by atoms with Crippen LogP contribution in [0.5, 0.6) is 0 Å². The second kappa shape index (κ2) is 6.08. The van der Waals surface area contributed by atoms with Gasteiger partial charge in [-0.1, -0.05) is 44.4 Å². The molecule has 2 aliphatic rings. The van der Waals surface area contributed by atoms with Crippen LogP contribution in [0.2, 0.25) is 0 Å².